The highest BCUT2D eigenvalue weighted by molar-refractivity contribution is 6.31. The highest BCUT2D eigenvalue weighted by Gasteiger charge is 2.11. The molecule has 1 heterocycles. The summed E-state index contributed by atoms with van der Waals surface area (Å²) in [6.07, 6.45) is 2.32. The molecule has 0 spiro atoms. The molecule has 0 unspecified atom stereocenters. The Morgan fingerprint density at radius 3 is 2.58 bits per heavy atom. The highest BCUT2D eigenvalue weighted by Crippen LogP contribution is 2.26. The van der Waals surface area contributed by atoms with Gasteiger partial charge < -0.3 is 4.90 Å². The van der Waals surface area contributed by atoms with Crippen LogP contribution in [0.3, 0.4) is 0 Å². The molecule has 124 valence electrons. The van der Waals surface area contributed by atoms with E-state index in [4.69, 9.17) is 16.6 Å². The number of pyridine rings is 1. The highest BCUT2D eigenvalue weighted by atomic mass is 35.5. The number of benzene rings is 2. The van der Waals surface area contributed by atoms with Crippen LogP contribution in [0.25, 0.3) is 10.9 Å². The predicted molar refractivity (Wildman–Crippen MR) is 104 cm³/mol. The second kappa shape index (κ2) is 7.67. The van der Waals surface area contributed by atoms with E-state index in [2.05, 4.69) is 61.2 Å². The molecule has 0 saturated heterocycles. The van der Waals surface area contributed by atoms with Gasteiger partial charge in [-0.1, -0.05) is 61.3 Å². The van der Waals surface area contributed by atoms with Crippen molar-refractivity contribution in [1.29, 1.82) is 0 Å². The topological polar surface area (TPSA) is 16.1 Å². The number of halogens is 1. The summed E-state index contributed by atoms with van der Waals surface area (Å²) in [5.41, 5.74) is 3.51. The zero-order valence-electron chi connectivity index (χ0n) is 14.3. The van der Waals surface area contributed by atoms with Crippen LogP contribution in [-0.4, -0.2) is 11.5 Å². The van der Waals surface area contributed by atoms with E-state index in [0.717, 1.165) is 35.9 Å². The van der Waals surface area contributed by atoms with Crippen molar-refractivity contribution in [3.8, 4) is 0 Å². The Bertz CT molecular complexity index is 815. The first-order valence-corrected chi connectivity index (χ1v) is 8.91. The Morgan fingerprint density at radius 2 is 1.83 bits per heavy atom. The molecule has 0 aliphatic heterocycles. The number of nitrogens with zero attached hydrogens (tertiary/aromatic N) is 2. The molecule has 2 nitrogen and oxygen atoms in total. The van der Waals surface area contributed by atoms with Crippen LogP contribution in [0.2, 0.25) is 5.02 Å². The summed E-state index contributed by atoms with van der Waals surface area (Å²) >= 11 is 6.16. The summed E-state index contributed by atoms with van der Waals surface area (Å²) in [5, 5.41) is 1.90. The maximum absolute atomic E-state index is 6.16. The van der Waals surface area contributed by atoms with Crippen molar-refractivity contribution in [3.63, 3.8) is 0 Å². The summed E-state index contributed by atoms with van der Waals surface area (Å²) in [7, 11) is 0. The monoisotopic (exact) mass is 338 g/mol. The number of aromatic nitrogens is 1. The molecule has 0 atom stereocenters. The van der Waals surface area contributed by atoms with Crippen molar-refractivity contribution < 1.29 is 0 Å². The van der Waals surface area contributed by atoms with Gasteiger partial charge in [-0.05, 0) is 42.7 Å². The lowest BCUT2D eigenvalue weighted by atomic mass is 10.1. The van der Waals surface area contributed by atoms with Crippen LogP contribution in [0.4, 0.5) is 5.82 Å². The molecule has 2 aromatic carbocycles. The Balaban J connectivity index is 1.98. The normalized spacial score (nSPS) is 11.0. The zero-order valence-corrected chi connectivity index (χ0v) is 15.1. The SMILES string of the molecule is CCCCN(Cc1ccccc1)c1cc(C)c2ccc(Cl)cc2n1. The first kappa shape index (κ1) is 16.8. The van der Waals surface area contributed by atoms with Crippen molar-refractivity contribution in [1.82, 2.24) is 4.98 Å². The predicted octanol–water partition coefficient (Wildman–Crippen LogP) is 6.00. The zero-order chi connectivity index (χ0) is 16.9. The molecule has 0 radical (unpaired) electrons. The molecule has 3 rings (SSSR count). The van der Waals surface area contributed by atoms with Gasteiger partial charge in [0.05, 0.1) is 5.52 Å². The third-order valence-electron chi connectivity index (χ3n) is 4.29. The van der Waals surface area contributed by atoms with Crippen LogP contribution in [0.5, 0.6) is 0 Å². The molecule has 3 aromatic rings. The average Bonchev–Trinajstić information content (AvgIpc) is 2.59. The van der Waals surface area contributed by atoms with Gasteiger partial charge in [0.15, 0.2) is 0 Å². The van der Waals surface area contributed by atoms with Crippen molar-refractivity contribution in [3.05, 3.63) is 70.7 Å². The van der Waals surface area contributed by atoms with E-state index in [-0.39, 0.29) is 0 Å². The van der Waals surface area contributed by atoms with Crippen molar-refractivity contribution in [2.75, 3.05) is 11.4 Å². The number of aryl methyl sites for hydroxylation is 1. The number of unbranched alkanes of at least 4 members (excludes halogenated alkanes) is 1. The smallest absolute Gasteiger partial charge is 0.129 e. The lowest BCUT2D eigenvalue weighted by molar-refractivity contribution is 0.708. The van der Waals surface area contributed by atoms with Crippen LogP contribution < -0.4 is 4.90 Å². The van der Waals surface area contributed by atoms with E-state index in [9.17, 15) is 0 Å². The molecule has 3 heteroatoms. The fourth-order valence-electron chi connectivity index (χ4n) is 2.95. The fourth-order valence-corrected chi connectivity index (χ4v) is 3.11. The first-order valence-electron chi connectivity index (χ1n) is 8.53. The third kappa shape index (κ3) is 3.88. The quantitative estimate of drug-likeness (QED) is 0.547. The molecule has 0 fully saturated rings. The molecule has 0 saturated carbocycles. The molecular weight excluding hydrogens is 316 g/mol. The second-order valence-corrected chi connectivity index (χ2v) is 6.66. The van der Waals surface area contributed by atoms with Gasteiger partial charge in [-0.3, -0.25) is 0 Å². The molecule has 0 N–H and O–H groups in total. The van der Waals surface area contributed by atoms with Crippen LogP contribution in [-0.2, 0) is 6.54 Å². The number of fused-ring (bicyclic) bond motifs is 1. The first-order chi connectivity index (χ1) is 11.7. The summed E-state index contributed by atoms with van der Waals surface area (Å²) in [5.74, 6) is 1.03. The number of hydrogen-bond donors (Lipinski definition) is 0. The van der Waals surface area contributed by atoms with Gasteiger partial charge in [0.1, 0.15) is 5.82 Å². The molecular formula is C21H23ClN2. The van der Waals surface area contributed by atoms with Gasteiger partial charge in [0, 0.05) is 23.5 Å². The minimum Gasteiger partial charge on any atom is -0.352 e. The Morgan fingerprint density at radius 1 is 1.04 bits per heavy atom. The van der Waals surface area contributed by atoms with Crippen molar-refractivity contribution >= 4 is 28.3 Å². The molecule has 0 aliphatic rings. The molecule has 0 bridgehead atoms. The Hall–Kier alpha value is -2.06. The van der Waals surface area contributed by atoms with Crippen LogP contribution in [0, 0.1) is 6.92 Å². The summed E-state index contributed by atoms with van der Waals surface area (Å²) in [6.45, 7) is 6.24. The fraction of sp³-hybridized carbons (Fsp3) is 0.286. The van der Waals surface area contributed by atoms with Gasteiger partial charge in [-0.2, -0.15) is 0 Å². The van der Waals surface area contributed by atoms with Crippen LogP contribution in [0.1, 0.15) is 30.9 Å². The van der Waals surface area contributed by atoms with E-state index in [0.29, 0.717) is 0 Å². The van der Waals surface area contributed by atoms with Gasteiger partial charge >= 0.3 is 0 Å². The van der Waals surface area contributed by atoms with E-state index in [1.807, 2.05) is 12.1 Å². The minimum absolute atomic E-state index is 0.731. The summed E-state index contributed by atoms with van der Waals surface area (Å²) < 4.78 is 0. The molecule has 0 amide bonds. The Labute approximate surface area is 149 Å². The van der Waals surface area contributed by atoms with Crippen LogP contribution in [0.15, 0.2) is 54.6 Å². The largest absolute Gasteiger partial charge is 0.352 e. The number of rotatable bonds is 6. The standard InChI is InChI=1S/C21H23ClN2/c1-3-4-12-24(15-17-8-6-5-7-9-17)21-13-16(2)19-11-10-18(22)14-20(19)23-21/h5-11,13-14H,3-4,12,15H2,1-2H3. The maximum Gasteiger partial charge on any atom is 0.129 e. The number of anilines is 1. The van der Waals surface area contributed by atoms with Crippen molar-refractivity contribution in [2.45, 2.75) is 33.2 Å². The summed E-state index contributed by atoms with van der Waals surface area (Å²) in [4.78, 5) is 7.26. The molecule has 24 heavy (non-hydrogen) atoms. The second-order valence-electron chi connectivity index (χ2n) is 6.22. The third-order valence-corrected chi connectivity index (χ3v) is 4.52. The van der Waals surface area contributed by atoms with Gasteiger partial charge in [-0.15, -0.1) is 0 Å². The lowest BCUT2D eigenvalue weighted by Crippen LogP contribution is -2.25. The average molecular weight is 339 g/mol. The minimum atomic E-state index is 0.731. The summed E-state index contributed by atoms with van der Waals surface area (Å²) in [6, 6.07) is 18.7. The molecule has 0 aliphatic carbocycles. The van der Waals surface area contributed by atoms with E-state index in [1.165, 1.54) is 22.9 Å². The molecule has 1 aromatic heterocycles. The van der Waals surface area contributed by atoms with Crippen LogP contribution >= 0.6 is 11.6 Å². The van der Waals surface area contributed by atoms with Gasteiger partial charge in [-0.25, -0.2) is 4.98 Å². The van der Waals surface area contributed by atoms with Gasteiger partial charge in [0.2, 0.25) is 0 Å². The van der Waals surface area contributed by atoms with Crippen molar-refractivity contribution in [2.24, 2.45) is 0 Å². The van der Waals surface area contributed by atoms with Gasteiger partial charge in [0.25, 0.3) is 0 Å². The number of hydrogen-bond acceptors (Lipinski definition) is 2. The lowest BCUT2D eigenvalue weighted by Gasteiger charge is -2.25. The van der Waals surface area contributed by atoms with E-state index in [1.54, 1.807) is 0 Å². The Kier molecular flexibility index (Phi) is 5.37. The maximum atomic E-state index is 6.16. The van der Waals surface area contributed by atoms with E-state index < -0.39 is 0 Å². The van der Waals surface area contributed by atoms with E-state index >= 15 is 0 Å².